The number of nitrogens with zero attached hydrogens (tertiary/aromatic N) is 1. The Labute approximate surface area is 102 Å². The third-order valence-corrected chi connectivity index (χ3v) is 2.24. The van der Waals surface area contributed by atoms with Gasteiger partial charge < -0.3 is 20.5 Å². The topological polar surface area (TPSA) is 69.4 Å². The van der Waals surface area contributed by atoms with Crippen LogP contribution in [0.25, 0.3) is 0 Å². The Morgan fingerprint density at radius 2 is 2.12 bits per heavy atom. The molecule has 0 atom stereocenters. The van der Waals surface area contributed by atoms with Crippen molar-refractivity contribution in [3.05, 3.63) is 18.3 Å². The first kappa shape index (κ1) is 13.7. The van der Waals surface area contributed by atoms with Gasteiger partial charge in [-0.25, -0.2) is 4.98 Å². The zero-order valence-electron chi connectivity index (χ0n) is 10.3. The Morgan fingerprint density at radius 1 is 1.24 bits per heavy atom. The van der Waals surface area contributed by atoms with E-state index in [9.17, 15) is 0 Å². The summed E-state index contributed by atoms with van der Waals surface area (Å²) in [6, 6.07) is 3.72. The molecular formula is C12H21N3O2. The van der Waals surface area contributed by atoms with Crippen LogP contribution in [0, 0.1) is 0 Å². The summed E-state index contributed by atoms with van der Waals surface area (Å²) < 4.78 is 10.2. The van der Waals surface area contributed by atoms with Crippen molar-refractivity contribution < 1.29 is 9.47 Å². The lowest BCUT2D eigenvalue weighted by Crippen LogP contribution is -2.07. The van der Waals surface area contributed by atoms with Gasteiger partial charge in [-0.2, -0.15) is 0 Å². The Balaban J connectivity index is 1.95. The van der Waals surface area contributed by atoms with Gasteiger partial charge in [0.1, 0.15) is 5.82 Å². The van der Waals surface area contributed by atoms with E-state index in [2.05, 4.69) is 10.3 Å². The molecule has 0 unspecified atom stereocenters. The molecule has 0 aromatic carbocycles. The van der Waals surface area contributed by atoms with Crippen molar-refractivity contribution in [3.63, 3.8) is 0 Å². The highest BCUT2D eigenvalue weighted by Crippen LogP contribution is 2.05. The van der Waals surface area contributed by atoms with E-state index in [1.54, 1.807) is 13.3 Å². The summed E-state index contributed by atoms with van der Waals surface area (Å²) in [6.45, 7) is 3.00. The highest BCUT2D eigenvalue weighted by Gasteiger charge is 1.93. The number of ether oxygens (including phenoxy) is 2. The van der Waals surface area contributed by atoms with Crippen LogP contribution in [0.2, 0.25) is 0 Å². The Hall–Kier alpha value is -1.33. The van der Waals surface area contributed by atoms with Gasteiger partial charge >= 0.3 is 0 Å². The minimum Gasteiger partial charge on any atom is -0.397 e. The predicted octanol–water partition coefficient (Wildman–Crippen LogP) is 1.52. The van der Waals surface area contributed by atoms with E-state index in [1.807, 2.05) is 12.1 Å². The van der Waals surface area contributed by atoms with Crippen LogP contribution in [0.4, 0.5) is 11.5 Å². The summed E-state index contributed by atoms with van der Waals surface area (Å²) >= 11 is 0. The van der Waals surface area contributed by atoms with Gasteiger partial charge in [-0.3, -0.25) is 0 Å². The third kappa shape index (κ3) is 6.76. The van der Waals surface area contributed by atoms with Crippen LogP contribution in [-0.2, 0) is 9.47 Å². The minimum atomic E-state index is 0.660. The van der Waals surface area contributed by atoms with Crippen LogP contribution < -0.4 is 11.1 Å². The van der Waals surface area contributed by atoms with Gasteiger partial charge in [0.25, 0.3) is 0 Å². The lowest BCUT2D eigenvalue weighted by molar-refractivity contribution is 0.0691. The average Bonchev–Trinajstić information content (AvgIpc) is 2.35. The molecule has 1 rings (SSSR count). The molecule has 0 aliphatic rings. The molecule has 1 aromatic heterocycles. The van der Waals surface area contributed by atoms with Gasteiger partial charge in [0, 0.05) is 20.3 Å². The molecule has 0 fully saturated rings. The van der Waals surface area contributed by atoms with Crippen molar-refractivity contribution >= 4 is 11.5 Å². The lowest BCUT2D eigenvalue weighted by atomic mass is 10.3. The van der Waals surface area contributed by atoms with Crippen LogP contribution in [0.5, 0.6) is 0 Å². The Morgan fingerprint density at radius 3 is 2.82 bits per heavy atom. The van der Waals surface area contributed by atoms with Crippen molar-refractivity contribution in [1.82, 2.24) is 4.98 Å². The summed E-state index contributed by atoms with van der Waals surface area (Å²) in [7, 11) is 1.67. The van der Waals surface area contributed by atoms with Crippen LogP contribution in [0.3, 0.4) is 0 Å². The first-order chi connectivity index (χ1) is 8.33. The number of anilines is 2. The van der Waals surface area contributed by atoms with Crippen LogP contribution >= 0.6 is 0 Å². The van der Waals surface area contributed by atoms with Crippen LogP contribution in [0.15, 0.2) is 18.3 Å². The van der Waals surface area contributed by atoms with Gasteiger partial charge in [0.05, 0.1) is 25.1 Å². The third-order valence-electron chi connectivity index (χ3n) is 2.24. The molecule has 96 valence electrons. The number of pyridine rings is 1. The highest BCUT2D eigenvalue weighted by molar-refractivity contribution is 5.43. The maximum Gasteiger partial charge on any atom is 0.126 e. The Bertz CT molecular complexity index is 290. The second-order valence-electron chi connectivity index (χ2n) is 3.72. The monoisotopic (exact) mass is 239 g/mol. The van der Waals surface area contributed by atoms with E-state index in [4.69, 9.17) is 15.2 Å². The summed E-state index contributed by atoms with van der Waals surface area (Å²) in [4.78, 5) is 4.15. The molecule has 0 amide bonds. The zero-order valence-corrected chi connectivity index (χ0v) is 10.3. The minimum absolute atomic E-state index is 0.660. The number of nitrogens with one attached hydrogen (secondary N) is 1. The quantitative estimate of drug-likeness (QED) is 0.639. The van der Waals surface area contributed by atoms with Crippen LogP contribution in [0.1, 0.15) is 12.8 Å². The fourth-order valence-electron chi connectivity index (χ4n) is 1.30. The van der Waals surface area contributed by atoms with Crippen LogP contribution in [-0.4, -0.2) is 38.5 Å². The molecule has 0 aliphatic carbocycles. The number of aromatic nitrogens is 1. The largest absolute Gasteiger partial charge is 0.397 e. The van der Waals surface area contributed by atoms with Crippen molar-refractivity contribution in [3.8, 4) is 0 Å². The summed E-state index contributed by atoms with van der Waals surface area (Å²) in [5.41, 5.74) is 6.23. The molecule has 5 heteroatoms. The molecule has 0 bridgehead atoms. The maximum absolute atomic E-state index is 5.54. The number of methoxy groups -OCH3 is 1. The molecule has 3 N–H and O–H groups in total. The molecule has 0 saturated carbocycles. The first-order valence-corrected chi connectivity index (χ1v) is 5.85. The molecule has 0 spiro atoms. The second kappa shape index (κ2) is 8.78. The van der Waals surface area contributed by atoms with E-state index < -0.39 is 0 Å². The molecule has 1 heterocycles. The van der Waals surface area contributed by atoms with E-state index in [-0.39, 0.29) is 0 Å². The number of hydrogen-bond acceptors (Lipinski definition) is 5. The fourth-order valence-corrected chi connectivity index (χ4v) is 1.30. The Kier molecular flexibility index (Phi) is 7.09. The van der Waals surface area contributed by atoms with E-state index in [0.717, 1.165) is 31.8 Å². The number of nitrogens with two attached hydrogens (primary N) is 1. The van der Waals surface area contributed by atoms with Crippen molar-refractivity contribution in [2.75, 3.05) is 44.5 Å². The van der Waals surface area contributed by atoms with Gasteiger partial charge in [-0.15, -0.1) is 0 Å². The molecular weight excluding hydrogens is 218 g/mol. The summed E-state index contributed by atoms with van der Waals surface area (Å²) in [5.74, 6) is 0.861. The fraction of sp³-hybridized carbons (Fsp3) is 0.583. The summed E-state index contributed by atoms with van der Waals surface area (Å²) in [5, 5.41) is 3.23. The first-order valence-electron chi connectivity index (χ1n) is 5.85. The van der Waals surface area contributed by atoms with E-state index in [0.29, 0.717) is 18.9 Å². The smallest absolute Gasteiger partial charge is 0.126 e. The van der Waals surface area contributed by atoms with Gasteiger partial charge in [0.15, 0.2) is 0 Å². The van der Waals surface area contributed by atoms with Crippen molar-refractivity contribution in [1.29, 1.82) is 0 Å². The van der Waals surface area contributed by atoms with Crippen molar-refractivity contribution in [2.45, 2.75) is 12.8 Å². The molecule has 1 aromatic rings. The molecule has 0 aliphatic heterocycles. The maximum atomic E-state index is 5.54. The summed E-state index contributed by atoms with van der Waals surface area (Å²) in [6.07, 6.45) is 3.74. The molecule has 17 heavy (non-hydrogen) atoms. The number of unbranched alkanes of at least 4 members (excludes halogenated alkanes) is 1. The van der Waals surface area contributed by atoms with Gasteiger partial charge in [0.2, 0.25) is 0 Å². The number of nitrogen functional groups attached to an aromatic ring is 1. The molecule has 0 radical (unpaired) electrons. The van der Waals surface area contributed by atoms with Gasteiger partial charge in [-0.05, 0) is 25.0 Å². The van der Waals surface area contributed by atoms with Gasteiger partial charge in [-0.1, -0.05) is 0 Å². The van der Waals surface area contributed by atoms with Crippen molar-refractivity contribution in [2.24, 2.45) is 0 Å². The number of rotatable bonds is 9. The zero-order chi connectivity index (χ0) is 12.3. The molecule has 5 nitrogen and oxygen atoms in total. The van der Waals surface area contributed by atoms with E-state index in [1.165, 1.54) is 0 Å². The SMILES string of the molecule is COCCOCCCCNc1ccc(N)cn1. The highest BCUT2D eigenvalue weighted by atomic mass is 16.5. The molecule has 0 saturated heterocycles. The standard InChI is InChI=1S/C12H21N3O2/c1-16-8-9-17-7-3-2-6-14-12-5-4-11(13)10-15-12/h4-5,10H,2-3,6-9,13H2,1H3,(H,14,15). The predicted molar refractivity (Wildman–Crippen MR) is 69.1 cm³/mol. The average molecular weight is 239 g/mol. The second-order valence-corrected chi connectivity index (χ2v) is 3.72. The van der Waals surface area contributed by atoms with E-state index >= 15 is 0 Å². The lowest BCUT2D eigenvalue weighted by Gasteiger charge is -2.06. The number of hydrogen-bond donors (Lipinski definition) is 2. The normalized spacial score (nSPS) is 10.4.